The number of carboxylic acid groups (broad SMARTS) is 3. The first-order valence-corrected chi connectivity index (χ1v) is 4.30. The van der Waals surface area contributed by atoms with Gasteiger partial charge in [-0.3, -0.25) is 18.7 Å². The Kier molecular flexibility index (Phi) is 29.3. The van der Waals surface area contributed by atoms with Crippen LogP contribution in [0.25, 0.3) is 0 Å². The van der Waals surface area contributed by atoms with Gasteiger partial charge >= 0.3 is 25.3 Å². The van der Waals surface area contributed by atoms with Gasteiger partial charge in [0.15, 0.2) is 0 Å². The van der Waals surface area contributed by atoms with Crippen LogP contribution in [0.15, 0.2) is 0 Å². The Labute approximate surface area is 107 Å². The maximum Gasteiger partial charge on any atom is 0.674 e. The minimum Gasteiger partial charge on any atom is -0.480 e. The van der Waals surface area contributed by atoms with E-state index in [9.17, 15) is 18.7 Å². The molecule has 114 valence electrons. The van der Waals surface area contributed by atoms with Gasteiger partial charge in [-0.15, -0.1) is 0 Å². The zero-order valence-electron chi connectivity index (χ0n) is 9.77. The lowest BCUT2D eigenvalue weighted by molar-refractivity contribution is -0.136. The smallest absolute Gasteiger partial charge is 0.480 e. The van der Waals surface area contributed by atoms with Crippen molar-refractivity contribution in [1.29, 1.82) is 0 Å². The van der Waals surface area contributed by atoms with Gasteiger partial charge in [0, 0.05) is 0 Å². The van der Waals surface area contributed by atoms with E-state index in [1.807, 2.05) is 0 Å². The van der Waals surface area contributed by atoms with E-state index >= 15 is 0 Å². The number of aliphatic carboxylic acids is 3. The van der Waals surface area contributed by atoms with Crippen LogP contribution in [0.4, 0.5) is 4.32 Å². The maximum absolute atomic E-state index is 10.1. The van der Waals surface area contributed by atoms with Crippen LogP contribution < -0.4 is 17.2 Å². The Morgan fingerprint density at radius 3 is 0.842 bits per heavy atom. The molecule has 0 saturated carbocycles. The van der Waals surface area contributed by atoms with Crippen LogP contribution >= 0.6 is 0 Å². The first-order valence-electron chi connectivity index (χ1n) is 4.30. The molecule has 0 atom stereocenters. The summed E-state index contributed by atoms with van der Waals surface area (Å²) in [6.45, 7) is -0.833. The number of hydrogen-bond donors (Lipinski definition) is 8. The first-order chi connectivity index (χ1) is 8.54. The van der Waals surface area contributed by atoms with Crippen molar-refractivity contribution in [3.8, 4) is 0 Å². The molecular formula is C6H17BFN3O8. The van der Waals surface area contributed by atoms with Gasteiger partial charge in [-0.05, 0) is 0 Å². The minimum atomic E-state index is -2.67. The van der Waals surface area contributed by atoms with E-state index in [1.54, 1.807) is 0 Å². The van der Waals surface area contributed by atoms with Crippen LogP contribution in [0.1, 0.15) is 0 Å². The fraction of sp³-hybridized carbons (Fsp3) is 0.500. The van der Waals surface area contributed by atoms with Crippen LogP contribution in [0, 0.1) is 0 Å². The number of nitrogens with two attached hydrogens (primary N) is 3. The van der Waals surface area contributed by atoms with Gasteiger partial charge < -0.3 is 42.6 Å². The van der Waals surface area contributed by atoms with Crippen LogP contribution in [0.3, 0.4) is 0 Å². The number of carboxylic acids is 3. The molecule has 11 N–H and O–H groups in total. The third-order valence-electron chi connectivity index (χ3n) is 0.524. The van der Waals surface area contributed by atoms with Gasteiger partial charge in [-0.25, -0.2) is 0 Å². The Morgan fingerprint density at radius 2 is 0.842 bits per heavy atom. The highest BCUT2D eigenvalue weighted by Gasteiger charge is 1.97. The summed E-state index contributed by atoms with van der Waals surface area (Å²) in [6.07, 6.45) is 0. The lowest BCUT2D eigenvalue weighted by atomic mass is 10.3. The second kappa shape index (κ2) is 21.5. The van der Waals surface area contributed by atoms with Gasteiger partial charge in [0.2, 0.25) is 0 Å². The molecule has 0 heterocycles. The van der Waals surface area contributed by atoms with E-state index < -0.39 is 25.3 Å². The topological polar surface area (TPSA) is 230 Å². The Bertz CT molecular complexity index is 206. The molecule has 0 bridgehead atoms. The molecule has 0 aromatic carbocycles. The molecule has 13 heteroatoms. The standard InChI is InChI=1S/3C2H5NO2.BFH2O2/c3*3-1-2(4)5;2-1(3)4/h3*1,3H2,(H,4,5);3-4H. The molecule has 0 aromatic rings. The summed E-state index contributed by atoms with van der Waals surface area (Å²) in [6, 6.07) is 0. The molecular weight excluding hydrogens is 272 g/mol. The van der Waals surface area contributed by atoms with Crippen molar-refractivity contribution >= 4 is 25.3 Å². The molecule has 0 fully saturated rings. The monoisotopic (exact) mass is 289 g/mol. The first kappa shape index (κ1) is 25.9. The average Bonchev–Trinajstić information content (AvgIpc) is 2.29. The largest absolute Gasteiger partial charge is 0.674 e. The van der Waals surface area contributed by atoms with Gasteiger partial charge in [0.05, 0.1) is 19.6 Å². The van der Waals surface area contributed by atoms with Crippen LogP contribution in [0.5, 0.6) is 0 Å². The highest BCUT2D eigenvalue weighted by Crippen LogP contribution is 1.57. The van der Waals surface area contributed by atoms with Crippen molar-refractivity contribution in [2.24, 2.45) is 17.2 Å². The van der Waals surface area contributed by atoms with Gasteiger partial charge in [0.1, 0.15) is 0 Å². The summed E-state index contributed by atoms with van der Waals surface area (Å²) in [4.78, 5) is 27.7. The van der Waals surface area contributed by atoms with E-state index in [2.05, 4.69) is 17.2 Å². The van der Waals surface area contributed by atoms with Crippen molar-refractivity contribution in [2.75, 3.05) is 19.6 Å². The summed E-state index contributed by atoms with van der Waals surface area (Å²) in [5.74, 6) is -2.90. The number of carbonyl (C=O) groups is 3. The van der Waals surface area contributed by atoms with Crippen molar-refractivity contribution in [1.82, 2.24) is 0 Å². The number of halogens is 1. The van der Waals surface area contributed by atoms with Crippen molar-refractivity contribution in [2.45, 2.75) is 0 Å². The highest BCUT2D eigenvalue weighted by molar-refractivity contribution is 6.31. The summed E-state index contributed by atoms with van der Waals surface area (Å²) in [5.41, 5.74) is 13.7. The molecule has 0 unspecified atom stereocenters. The Balaban J connectivity index is -0.0000000793. The molecule has 0 rings (SSSR count). The molecule has 0 aliphatic carbocycles. The van der Waals surface area contributed by atoms with Crippen LogP contribution in [-0.4, -0.2) is 70.3 Å². The third kappa shape index (κ3) is 185. The quantitative estimate of drug-likeness (QED) is 0.233. The Morgan fingerprint density at radius 1 is 0.789 bits per heavy atom. The average molecular weight is 289 g/mol. The van der Waals surface area contributed by atoms with Crippen LogP contribution in [-0.2, 0) is 14.4 Å². The normalized spacial score (nSPS) is 7.26. The predicted octanol–water partition coefficient (Wildman–Crippen LogP) is -3.99. The van der Waals surface area contributed by atoms with E-state index in [1.165, 1.54) is 0 Å². The predicted molar refractivity (Wildman–Crippen MR) is 61.4 cm³/mol. The number of hydrogen-bond acceptors (Lipinski definition) is 8. The van der Waals surface area contributed by atoms with Crippen molar-refractivity contribution in [3.05, 3.63) is 0 Å². The lowest BCUT2D eigenvalue weighted by Gasteiger charge is -1.73. The summed E-state index contributed by atoms with van der Waals surface area (Å²) in [7, 11) is -2.67. The zero-order chi connectivity index (χ0) is 16.4. The second-order valence-electron chi connectivity index (χ2n) is 2.10. The molecule has 0 spiro atoms. The molecule has 0 saturated heterocycles. The fourth-order valence-electron chi connectivity index (χ4n) is 0. The highest BCUT2D eigenvalue weighted by atomic mass is 19.1. The van der Waals surface area contributed by atoms with Gasteiger partial charge in [-0.2, -0.15) is 0 Å². The summed E-state index contributed by atoms with van der Waals surface area (Å²) >= 11 is 0. The zero-order valence-corrected chi connectivity index (χ0v) is 9.77. The number of rotatable bonds is 3. The molecule has 0 aliphatic heterocycles. The summed E-state index contributed by atoms with van der Waals surface area (Å²) < 4.78 is 10.1. The maximum atomic E-state index is 10.1. The van der Waals surface area contributed by atoms with Crippen molar-refractivity contribution < 1.29 is 44.1 Å². The second-order valence-corrected chi connectivity index (χ2v) is 2.10. The van der Waals surface area contributed by atoms with E-state index in [-0.39, 0.29) is 19.6 Å². The van der Waals surface area contributed by atoms with E-state index in [4.69, 9.17) is 25.4 Å². The molecule has 0 amide bonds. The molecule has 11 nitrogen and oxygen atoms in total. The van der Waals surface area contributed by atoms with Gasteiger partial charge in [-0.1, -0.05) is 0 Å². The molecule has 0 aliphatic rings. The van der Waals surface area contributed by atoms with Gasteiger partial charge in [0.25, 0.3) is 0 Å². The van der Waals surface area contributed by atoms with Crippen molar-refractivity contribution in [3.63, 3.8) is 0 Å². The molecule has 19 heavy (non-hydrogen) atoms. The third-order valence-corrected chi connectivity index (χ3v) is 0.524. The molecule has 0 aromatic heterocycles. The fourth-order valence-corrected chi connectivity index (χ4v) is 0. The van der Waals surface area contributed by atoms with E-state index in [0.717, 1.165) is 0 Å². The minimum absolute atomic E-state index is 0.278. The molecule has 0 radical (unpaired) electrons. The SMILES string of the molecule is NCC(=O)O.NCC(=O)O.NCC(=O)O.OB(O)F. The van der Waals surface area contributed by atoms with E-state index in [0.29, 0.717) is 0 Å². The Hall–Kier alpha value is -1.80. The summed E-state index contributed by atoms with van der Waals surface area (Å²) in [5, 5.41) is 36.7. The lowest BCUT2D eigenvalue weighted by Crippen LogP contribution is -2.10. The van der Waals surface area contributed by atoms with Crippen LogP contribution in [0.2, 0.25) is 0 Å².